The van der Waals surface area contributed by atoms with Crippen molar-refractivity contribution < 1.29 is 9.18 Å². The van der Waals surface area contributed by atoms with Crippen LogP contribution in [0, 0.1) is 19.7 Å². The Morgan fingerprint density at radius 2 is 1.78 bits per heavy atom. The van der Waals surface area contributed by atoms with Crippen LogP contribution in [0.2, 0.25) is 5.02 Å². The predicted octanol–water partition coefficient (Wildman–Crippen LogP) is 6.37. The van der Waals surface area contributed by atoms with Crippen molar-refractivity contribution >= 4 is 45.9 Å². The number of likely N-dealkylation sites (N-methyl/N-ethyl adjacent to an activating group) is 1. The second-order valence-corrected chi connectivity index (χ2v) is 13.0. The number of pyridine rings is 1. The topological polar surface area (TPSA) is 95.4 Å². The molecule has 1 saturated carbocycles. The van der Waals surface area contributed by atoms with Crippen LogP contribution in [0.25, 0.3) is 22.2 Å². The van der Waals surface area contributed by atoms with E-state index >= 15 is 0 Å². The molecule has 46 heavy (non-hydrogen) atoms. The van der Waals surface area contributed by atoms with Gasteiger partial charge in [0.05, 0.1) is 10.6 Å². The van der Waals surface area contributed by atoms with E-state index in [2.05, 4.69) is 51.5 Å². The van der Waals surface area contributed by atoms with Gasteiger partial charge in [-0.1, -0.05) is 18.5 Å². The van der Waals surface area contributed by atoms with Crippen molar-refractivity contribution in [2.75, 3.05) is 43.4 Å². The summed E-state index contributed by atoms with van der Waals surface area (Å²) in [7, 11) is 2.15. The smallest absolute Gasteiger partial charge is 0.260 e. The summed E-state index contributed by atoms with van der Waals surface area (Å²) in [4.78, 5) is 40.8. The lowest BCUT2D eigenvalue weighted by Gasteiger charge is -2.35. The Hall–Kier alpha value is -4.02. The average molecular weight is 646 g/mol. The molecule has 11 heteroatoms. The van der Waals surface area contributed by atoms with Crippen molar-refractivity contribution in [3.63, 3.8) is 0 Å². The number of rotatable bonds is 7. The largest absolute Gasteiger partial charge is 0.369 e. The molecule has 6 rings (SSSR count). The van der Waals surface area contributed by atoms with Gasteiger partial charge in [0.25, 0.3) is 5.56 Å². The first-order chi connectivity index (χ1) is 22.1. The van der Waals surface area contributed by atoms with Gasteiger partial charge >= 0.3 is 0 Å². The molecule has 242 valence electrons. The number of benzene rings is 2. The Bertz CT molecular complexity index is 1830. The molecule has 4 aromatic rings. The lowest BCUT2D eigenvalue weighted by Crippen LogP contribution is -2.44. The van der Waals surface area contributed by atoms with Gasteiger partial charge in [0.1, 0.15) is 11.5 Å². The summed E-state index contributed by atoms with van der Waals surface area (Å²) >= 11 is 6.50. The molecule has 2 aromatic heterocycles. The highest BCUT2D eigenvalue weighted by atomic mass is 35.5. The number of piperazine rings is 1. The monoisotopic (exact) mass is 645 g/mol. The van der Waals surface area contributed by atoms with Crippen molar-refractivity contribution in [1.29, 1.82) is 0 Å². The van der Waals surface area contributed by atoms with Crippen LogP contribution in [0.15, 0.2) is 47.4 Å². The molecule has 9 nitrogen and oxygen atoms in total. The molecular weight excluding hydrogens is 605 g/mol. The number of hydrogen-bond acceptors (Lipinski definition) is 7. The normalized spacial score (nSPS) is 19.0. The minimum atomic E-state index is -0.467. The number of aromatic nitrogens is 3. The summed E-state index contributed by atoms with van der Waals surface area (Å²) in [6, 6.07) is 10.3. The fraction of sp³-hybridized carbons (Fsp3) is 0.429. The van der Waals surface area contributed by atoms with E-state index < -0.39 is 5.82 Å². The Morgan fingerprint density at radius 1 is 1.04 bits per heavy atom. The maximum absolute atomic E-state index is 14.4. The lowest BCUT2D eigenvalue weighted by molar-refractivity contribution is -0.121. The van der Waals surface area contributed by atoms with Gasteiger partial charge in [0, 0.05) is 73.2 Å². The molecule has 0 radical (unpaired) electrons. The quantitative estimate of drug-likeness (QED) is 0.241. The number of nitrogens with zero attached hydrogens (tertiary/aromatic N) is 5. The Balaban J connectivity index is 1.38. The van der Waals surface area contributed by atoms with Gasteiger partial charge in [0.15, 0.2) is 0 Å². The Kier molecular flexibility index (Phi) is 9.29. The number of nitrogens with one attached hydrogen (secondary N) is 2. The maximum atomic E-state index is 14.4. The number of fused-ring (bicyclic) bond motifs is 1. The van der Waals surface area contributed by atoms with E-state index in [-0.39, 0.29) is 28.6 Å². The minimum absolute atomic E-state index is 0.0323. The van der Waals surface area contributed by atoms with Gasteiger partial charge in [-0.3, -0.25) is 14.2 Å². The highest BCUT2D eigenvalue weighted by molar-refractivity contribution is 6.33. The molecule has 1 aliphatic carbocycles. The molecule has 1 amide bonds. The third-order valence-corrected chi connectivity index (χ3v) is 9.77. The SMILES string of the molecule is CCC(=O)N[C@H]1CC[C@@H](n2c(=O)c(-c3ccc(F)cc3Cl)c(C)c3cnc(Nc4ccc(N5CCN(C)CC5)c(C)c4)nc32)CC1. The summed E-state index contributed by atoms with van der Waals surface area (Å²) in [5.41, 5.74) is 5.14. The maximum Gasteiger partial charge on any atom is 0.260 e. The first-order valence-corrected chi connectivity index (χ1v) is 16.5. The number of amides is 1. The van der Waals surface area contributed by atoms with Gasteiger partial charge in [-0.05, 0) is 94.1 Å². The summed E-state index contributed by atoms with van der Waals surface area (Å²) in [6.07, 6.45) is 5.08. The van der Waals surface area contributed by atoms with E-state index in [1.165, 1.54) is 17.8 Å². The van der Waals surface area contributed by atoms with Crippen LogP contribution in [-0.4, -0.2) is 64.6 Å². The van der Waals surface area contributed by atoms with Crippen molar-refractivity contribution in [2.45, 2.75) is 65.0 Å². The first kappa shape index (κ1) is 31.9. The second kappa shape index (κ2) is 13.4. The molecule has 0 atom stereocenters. The van der Waals surface area contributed by atoms with Crippen LogP contribution in [0.5, 0.6) is 0 Å². The molecule has 0 unspecified atom stereocenters. The second-order valence-electron chi connectivity index (χ2n) is 12.6. The third kappa shape index (κ3) is 6.46. The highest BCUT2D eigenvalue weighted by Crippen LogP contribution is 2.36. The average Bonchev–Trinajstić information content (AvgIpc) is 3.03. The molecule has 0 spiro atoms. The zero-order valence-corrected chi connectivity index (χ0v) is 27.6. The van der Waals surface area contributed by atoms with Crippen LogP contribution >= 0.6 is 11.6 Å². The number of carbonyl (C=O) groups excluding carboxylic acids is 1. The molecule has 2 aromatic carbocycles. The standard InChI is InChI=1S/C35H41ClFN7O2/c1-5-31(45)39-24-7-10-26(11-8-24)44-33-28(22(3)32(34(44)46)27-12-6-23(37)19-29(27)36)20-38-35(41-33)40-25-9-13-30(21(2)18-25)43-16-14-42(4)15-17-43/h6,9,12-13,18-20,24,26H,5,7-8,10-11,14-17H2,1-4H3,(H,39,45)(H,38,40,41)/t24-,26+. The van der Waals surface area contributed by atoms with E-state index in [4.69, 9.17) is 16.6 Å². The molecule has 3 heterocycles. The van der Waals surface area contributed by atoms with Crippen molar-refractivity contribution in [2.24, 2.45) is 0 Å². The lowest BCUT2D eigenvalue weighted by atomic mass is 9.90. The molecule has 1 saturated heterocycles. The molecule has 2 N–H and O–H groups in total. The molecule has 2 aliphatic rings. The summed E-state index contributed by atoms with van der Waals surface area (Å²) in [5.74, 6) is -0.0426. The van der Waals surface area contributed by atoms with Crippen molar-refractivity contribution in [3.05, 3.63) is 74.9 Å². The van der Waals surface area contributed by atoms with Crippen LogP contribution in [-0.2, 0) is 4.79 Å². The van der Waals surface area contributed by atoms with E-state index in [0.29, 0.717) is 47.5 Å². The van der Waals surface area contributed by atoms with E-state index in [1.807, 2.05) is 19.9 Å². The van der Waals surface area contributed by atoms with Crippen molar-refractivity contribution in [1.82, 2.24) is 24.8 Å². The minimum Gasteiger partial charge on any atom is -0.369 e. The number of carbonyl (C=O) groups is 1. The molecule has 0 bridgehead atoms. The van der Waals surface area contributed by atoms with E-state index in [9.17, 15) is 14.0 Å². The first-order valence-electron chi connectivity index (χ1n) is 16.1. The van der Waals surface area contributed by atoms with E-state index in [1.54, 1.807) is 16.8 Å². The fourth-order valence-electron chi connectivity index (χ4n) is 6.81. The summed E-state index contributed by atoms with van der Waals surface area (Å²) in [5, 5.41) is 7.36. The summed E-state index contributed by atoms with van der Waals surface area (Å²) in [6.45, 7) is 9.88. The van der Waals surface area contributed by atoms with Gasteiger partial charge < -0.3 is 20.4 Å². The van der Waals surface area contributed by atoms with Crippen LogP contribution in [0.3, 0.4) is 0 Å². The van der Waals surface area contributed by atoms with Gasteiger partial charge in [0.2, 0.25) is 11.9 Å². The number of halogens is 2. The van der Waals surface area contributed by atoms with Gasteiger partial charge in [-0.2, -0.15) is 4.98 Å². The predicted molar refractivity (Wildman–Crippen MR) is 183 cm³/mol. The number of anilines is 3. The third-order valence-electron chi connectivity index (χ3n) is 9.45. The molecular formula is C35H41ClFN7O2. The number of aryl methyl sites for hydroxylation is 2. The van der Waals surface area contributed by atoms with Crippen LogP contribution in [0.1, 0.15) is 56.2 Å². The number of hydrogen-bond donors (Lipinski definition) is 2. The Morgan fingerprint density at radius 3 is 2.46 bits per heavy atom. The summed E-state index contributed by atoms with van der Waals surface area (Å²) < 4.78 is 15.8. The zero-order valence-electron chi connectivity index (χ0n) is 26.9. The van der Waals surface area contributed by atoms with Gasteiger partial charge in [-0.15, -0.1) is 0 Å². The fourth-order valence-corrected chi connectivity index (χ4v) is 7.08. The molecule has 1 aliphatic heterocycles. The molecule has 2 fully saturated rings. The van der Waals surface area contributed by atoms with Crippen molar-refractivity contribution in [3.8, 4) is 11.1 Å². The van der Waals surface area contributed by atoms with E-state index in [0.717, 1.165) is 55.7 Å². The highest BCUT2D eigenvalue weighted by Gasteiger charge is 2.28. The van der Waals surface area contributed by atoms with Crippen LogP contribution < -0.4 is 21.1 Å². The zero-order chi connectivity index (χ0) is 32.5. The Labute approximate surface area is 273 Å². The van der Waals surface area contributed by atoms with Gasteiger partial charge in [-0.25, -0.2) is 9.37 Å². The van der Waals surface area contributed by atoms with Crippen LogP contribution in [0.4, 0.5) is 21.7 Å².